The predicted octanol–water partition coefficient (Wildman–Crippen LogP) is 2.39. The Bertz CT molecular complexity index is 862. The molecule has 0 aliphatic carbocycles. The zero-order chi connectivity index (χ0) is 23.3. The molecule has 1 fully saturated rings. The number of likely N-dealkylation sites (N-methyl/N-ethyl adjacent to an activating group) is 1. The Kier molecular flexibility index (Phi) is 8.90. The van der Waals surface area contributed by atoms with Gasteiger partial charge in [0, 0.05) is 11.6 Å². The van der Waals surface area contributed by atoms with E-state index in [2.05, 4.69) is 0 Å². The highest BCUT2D eigenvalue weighted by Gasteiger charge is 2.45. The fourth-order valence-corrected chi connectivity index (χ4v) is 3.79. The number of aliphatic hydroxyl groups is 3. The lowest BCUT2D eigenvalue weighted by Gasteiger charge is -2.40. The first-order valence-electron chi connectivity index (χ1n) is 10.8. The van der Waals surface area contributed by atoms with Crippen molar-refractivity contribution in [2.45, 2.75) is 44.1 Å². The molecule has 8 heteroatoms. The number of benzene rings is 2. The second-order valence-corrected chi connectivity index (χ2v) is 8.58. The van der Waals surface area contributed by atoms with Crippen LogP contribution in [0.4, 0.5) is 0 Å². The lowest BCUT2D eigenvalue weighted by atomic mass is 9.92. The normalized spacial score (nSPS) is 25.8. The van der Waals surface area contributed by atoms with Crippen LogP contribution in [0.5, 0.6) is 5.75 Å². The number of hydrogen-bond donors (Lipinski definition) is 3. The molecule has 0 saturated carbocycles. The highest BCUT2D eigenvalue weighted by molar-refractivity contribution is 6.31. The van der Waals surface area contributed by atoms with E-state index >= 15 is 0 Å². The molecule has 0 amide bonds. The molecule has 5 atom stereocenters. The van der Waals surface area contributed by atoms with Crippen LogP contribution in [0.15, 0.2) is 42.5 Å². The second-order valence-electron chi connectivity index (χ2n) is 8.18. The van der Waals surface area contributed by atoms with E-state index in [0.717, 1.165) is 16.9 Å². The molecule has 0 spiro atoms. The van der Waals surface area contributed by atoms with Crippen molar-refractivity contribution in [1.82, 2.24) is 4.90 Å². The van der Waals surface area contributed by atoms with Crippen molar-refractivity contribution >= 4 is 11.6 Å². The van der Waals surface area contributed by atoms with Crippen molar-refractivity contribution in [2.24, 2.45) is 0 Å². The molecule has 3 rings (SSSR count). The number of aliphatic hydroxyl groups excluding tert-OH is 3. The molecule has 176 valence electrons. The van der Waals surface area contributed by atoms with Gasteiger partial charge in [-0.1, -0.05) is 35.9 Å². The van der Waals surface area contributed by atoms with Gasteiger partial charge >= 0.3 is 0 Å². The Hall–Kier alpha value is -1.71. The van der Waals surface area contributed by atoms with E-state index in [9.17, 15) is 15.3 Å². The van der Waals surface area contributed by atoms with E-state index in [-0.39, 0.29) is 0 Å². The average molecular weight is 466 g/mol. The van der Waals surface area contributed by atoms with Crippen molar-refractivity contribution in [3.8, 4) is 5.75 Å². The van der Waals surface area contributed by atoms with Gasteiger partial charge in [0.2, 0.25) is 0 Å². The van der Waals surface area contributed by atoms with Gasteiger partial charge in [-0.2, -0.15) is 0 Å². The topological polar surface area (TPSA) is 91.6 Å². The number of hydrogen-bond acceptors (Lipinski definition) is 7. The van der Waals surface area contributed by atoms with Gasteiger partial charge in [-0.3, -0.25) is 0 Å². The highest BCUT2D eigenvalue weighted by atomic mass is 35.5. The predicted molar refractivity (Wildman–Crippen MR) is 122 cm³/mol. The molecule has 3 N–H and O–H groups in total. The molecule has 1 aliphatic rings. The first-order valence-corrected chi connectivity index (χ1v) is 11.1. The van der Waals surface area contributed by atoms with Crippen LogP contribution in [0.25, 0.3) is 0 Å². The highest BCUT2D eigenvalue weighted by Crippen LogP contribution is 2.35. The van der Waals surface area contributed by atoms with Crippen molar-refractivity contribution in [2.75, 3.05) is 33.9 Å². The molecular weight excluding hydrogens is 434 g/mol. The van der Waals surface area contributed by atoms with Gasteiger partial charge in [0.15, 0.2) is 6.29 Å². The van der Waals surface area contributed by atoms with Crippen molar-refractivity contribution in [1.29, 1.82) is 0 Å². The maximum Gasteiger partial charge on any atom is 0.186 e. The summed E-state index contributed by atoms with van der Waals surface area (Å²) in [6.45, 7) is 3.49. The number of nitrogens with zero attached hydrogens (tertiary/aromatic N) is 1. The van der Waals surface area contributed by atoms with Gasteiger partial charge in [0.05, 0.1) is 13.2 Å². The van der Waals surface area contributed by atoms with E-state index in [1.807, 2.05) is 56.3 Å². The van der Waals surface area contributed by atoms with E-state index in [1.165, 1.54) is 0 Å². The smallest absolute Gasteiger partial charge is 0.186 e. The summed E-state index contributed by atoms with van der Waals surface area (Å²) in [6.07, 6.45) is -5.39. The Morgan fingerprint density at radius 3 is 2.38 bits per heavy atom. The third kappa shape index (κ3) is 6.20. The average Bonchev–Trinajstić information content (AvgIpc) is 2.77. The Balaban J connectivity index is 1.77. The fraction of sp³-hybridized carbons (Fsp3) is 0.500. The molecule has 32 heavy (non-hydrogen) atoms. The van der Waals surface area contributed by atoms with E-state index < -0.39 is 30.7 Å². The van der Waals surface area contributed by atoms with Gasteiger partial charge in [-0.25, -0.2) is 0 Å². The third-order valence-electron chi connectivity index (χ3n) is 5.42. The lowest BCUT2D eigenvalue weighted by molar-refractivity contribution is -0.299. The monoisotopic (exact) mass is 465 g/mol. The minimum atomic E-state index is -1.40. The summed E-state index contributed by atoms with van der Waals surface area (Å²) in [6, 6.07) is 13.1. The van der Waals surface area contributed by atoms with Gasteiger partial charge in [-0.15, -0.1) is 0 Å². The van der Waals surface area contributed by atoms with Crippen LogP contribution in [0, 0.1) is 0 Å². The molecule has 2 aromatic carbocycles. The maximum atomic E-state index is 10.6. The van der Waals surface area contributed by atoms with Crippen molar-refractivity contribution < 1.29 is 29.5 Å². The third-order valence-corrected chi connectivity index (χ3v) is 5.79. The number of ether oxygens (including phenoxy) is 3. The van der Waals surface area contributed by atoms with E-state index in [4.69, 9.17) is 25.8 Å². The molecule has 2 aromatic rings. The summed E-state index contributed by atoms with van der Waals surface area (Å²) < 4.78 is 17.0. The molecule has 0 bridgehead atoms. The van der Waals surface area contributed by atoms with Crippen molar-refractivity contribution in [3.63, 3.8) is 0 Å². The molecular formula is C24H32ClNO6. The van der Waals surface area contributed by atoms with E-state index in [0.29, 0.717) is 36.8 Å². The van der Waals surface area contributed by atoms with Gasteiger partial charge in [0.25, 0.3) is 0 Å². The fourth-order valence-electron chi connectivity index (χ4n) is 3.61. The van der Waals surface area contributed by atoms with Crippen LogP contribution in [0.3, 0.4) is 0 Å². The van der Waals surface area contributed by atoms with Crippen molar-refractivity contribution in [3.05, 3.63) is 64.2 Å². The Morgan fingerprint density at radius 1 is 1.00 bits per heavy atom. The molecule has 1 aliphatic heterocycles. The molecule has 1 saturated heterocycles. The van der Waals surface area contributed by atoms with E-state index in [1.54, 1.807) is 12.1 Å². The van der Waals surface area contributed by atoms with Gasteiger partial charge in [0.1, 0.15) is 30.2 Å². The minimum Gasteiger partial charge on any atom is -0.494 e. The second kappa shape index (κ2) is 11.4. The lowest BCUT2D eigenvalue weighted by Crippen LogP contribution is -2.55. The van der Waals surface area contributed by atoms with Gasteiger partial charge < -0.3 is 34.4 Å². The first kappa shape index (κ1) is 24.9. The summed E-state index contributed by atoms with van der Waals surface area (Å²) in [5.74, 6) is 0.808. The van der Waals surface area contributed by atoms with Crippen LogP contribution in [-0.4, -0.2) is 78.7 Å². The summed E-state index contributed by atoms with van der Waals surface area (Å²) >= 11 is 6.43. The number of halogens is 1. The maximum absolute atomic E-state index is 10.6. The zero-order valence-corrected chi connectivity index (χ0v) is 19.4. The quantitative estimate of drug-likeness (QED) is 0.523. The largest absolute Gasteiger partial charge is 0.494 e. The van der Waals surface area contributed by atoms with Crippen LogP contribution < -0.4 is 4.74 Å². The summed E-state index contributed by atoms with van der Waals surface area (Å²) in [5.41, 5.74) is 2.56. The Morgan fingerprint density at radius 2 is 1.72 bits per heavy atom. The summed E-state index contributed by atoms with van der Waals surface area (Å²) in [5, 5.41) is 31.8. The minimum absolute atomic E-state index is 0.313. The molecule has 0 radical (unpaired) electrons. The summed E-state index contributed by atoms with van der Waals surface area (Å²) in [4.78, 5) is 1.93. The van der Waals surface area contributed by atoms with Crippen LogP contribution in [0.2, 0.25) is 5.02 Å². The molecule has 1 heterocycles. The molecule has 7 nitrogen and oxygen atoms in total. The Labute approximate surface area is 194 Å². The first-order chi connectivity index (χ1) is 15.3. The standard InChI is InChI=1S/C24H32ClNO6/c1-4-30-18-8-5-15(6-9-18)13-17-14-16(7-10-19(17)25)23-21(28)20(27)22(29)24(32-23)31-12-11-26(2)3/h5-10,14,20-24,27-29H,4,11-13H2,1-3H3/t20-,21-,22?,23+,24?/m1/s1. The zero-order valence-electron chi connectivity index (χ0n) is 18.6. The van der Waals surface area contributed by atoms with Crippen LogP contribution in [0.1, 0.15) is 29.7 Å². The SMILES string of the molecule is CCOc1ccc(Cc2cc([C@@H]3OC(OCCN(C)C)C(O)[C@H](O)[C@H]3O)ccc2Cl)cc1. The van der Waals surface area contributed by atoms with Gasteiger partial charge in [-0.05, 0) is 62.3 Å². The molecule has 2 unspecified atom stereocenters. The molecule has 0 aromatic heterocycles. The van der Waals surface area contributed by atoms with Crippen LogP contribution in [-0.2, 0) is 15.9 Å². The summed E-state index contributed by atoms with van der Waals surface area (Å²) in [7, 11) is 3.81. The van der Waals surface area contributed by atoms with Crippen LogP contribution >= 0.6 is 11.6 Å². The number of rotatable bonds is 9.